The Labute approximate surface area is 159 Å². The van der Waals surface area contributed by atoms with Crippen LogP contribution in [0.2, 0.25) is 0 Å². The fourth-order valence-electron chi connectivity index (χ4n) is 4.01. The zero-order valence-electron chi connectivity index (χ0n) is 15.4. The molecule has 0 radical (unpaired) electrons. The van der Waals surface area contributed by atoms with Crippen LogP contribution < -0.4 is 4.74 Å². The van der Waals surface area contributed by atoms with Crippen molar-refractivity contribution in [2.24, 2.45) is 5.92 Å². The number of halogens is 4. The van der Waals surface area contributed by atoms with E-state index in [1.807, 2.05) is 18.2 Å². The van der Waals surface area contributed by atoms with Gasteiger partial charge in [-0.05, 0) is 60.6 Å². The van der Waals surface area contributed by atoms with Gasteiger partial charge >= 0.3 is 6.36 Å². The van der Waals surface area contributed by atoms with Crippen LogP contribution in [0.1, 0.15) is 44.6 Å². The fraction of sp³-hybridized carbons (Fsp3) is 0.364. The fourth-order valence-corrected chi connectivity index (χ4v) is 4.01. The lowest BCUT2D eigenvalue weighted by Crippen LogP contribution is -2.17. The summed E-state index contributed by atoms with van der Waals surface area (Å²) >= 11 is 0. The minimum absolute atomic E-state index is 0.227. The molecular weight excluding hydrogens is 372 g/mol. The van der Waals surface area contributed by atoms with Gasteiger partial charge in [0.1, 0.15) is 5.58 Å². The monoisotopic (exact) mass is 392 g/mol. The summed E-state index contributed by atoms with van der Waals surface area (Å²) in [5, 5.41) is 1.09. The highest BCUT2D eigenvalue weighted by atomic mass is 19.4. The number of hydrogen-bond donors (Lipinski definition) is 0. The summed E-state index contributed by atoms with van der Waals surface area (Å²) in [5.74, 6) is -1.31. The summed E-state index contributed by atoms with van der Waals surface area (Å²) in [6.07, 6.45) is 2.88. The highest BCUT2D eigenvalue weighted by Gasteiger charge is 2.33. The van der Waals surface area contributed by atoms with Crippen LogP contribution in [0.4, 0.5) is 17.6 Å². The van der Waals surface area contributed by atoms with E-state index in [1.165, 1.54) is 24.5 Å². The quantitative estimate of drug-likeness (QED) is 0.426. The molecule has 3 aromatic rings. The number of furan rings is 1. The van der Waals surface area contributed by atoms with E-state index in [9.17, 15) is 17.6 Å². The minimum Gasteiger partial charge on any atom is -0.453 e. The third-order valence-corrected chi connectivity index (χ3v) is 5.36. The minimum atomic E-state index is -4.96. The van der Waals surface area contributed by atoms with Gasteiger partial charge < -0.3 is 9.15 Å². The molecule has 1 atom stereocenters. The van der Waals surface area contributed by atoms with Crippen molar-refractivity contribution < 1.29 is 26.7 Å². The molecule has 1 aliphatic carbocycles. The van der Waals surface area contributed by atoms with Gasteiger partial charge in [-0.3, -0.25) is 0 Å². The third-order valence-electron chi connectivity index (χ3n) is 5.36. The van der Waals surface area contributed by atoms with Crippen molar-refractivity contribution in [1.82, 2.24) is 0 Å². The maximum Gasteiger partial charge on any atom is 0.573 e. The van der Waals surface area contributed by atoms with Crippen LogP contribution in [0.25, 0.3) is 27.5 Å². The molecule has 2 aromatic carbocycles. The second-order valence-electron chi connectivity index (χ2n) is 7.27. The lowest BCUT2D eigenvalue weighted by Gasteiger charge is -2.21. The van der Waals surface area contributed by atoms with E-state index in [2.05, 4.69) is 17.7 Å². The smallest absolute Gasteiger partial charge is 0.453 e. The molecule has 1 unspecified atom stereocenters. The first kappa shape index (κ1) is 18.8. The largest absolute Gasteiger partial charge is 0.573 e. The second-order valence-corrected chi connectivity index (χ2v) is 7.27. The number of rotatable bonds is 4. The van der Waals surface area contributed by atoms with E-state index in [-0.39, 0.29) is 5.58 Å². The molecule has 0 fully saturated rings. The van der Waals surface area contributed by atoms with Gasteiger partial charge in [0.05, 0.1) is 0 Å². The van der Waals surface area contributed by atoms with E-state index in [0.717, 1.165) is 36.8 Å². The Balaban J connectivity index is 1.70. The zero-order chi connectivity index (χ0) is 19.9. The highest BCUT2D eigenvalue weighted by molar-refractivity contribution is 6.06. The first-order chi connectivity index (χ1) is 13.4. The lowest BCUT2D eigenvalue weighted by atomic mass is 9.84. The maximum absolute atomic E-state index is 14.5. The van der Waals surface area contributed by atoms with E-state index < -0.39 is 17.9 Å². The number of benzene rings is 2. The van der Waals surface area contributed by atoms with E-state index in [1.54, 1.807) is 0 Å². The molecule has 0 spiro atoms. The Morgan fingerprint density at radius 2 is 1.93 bits per heavy atom. The van der Waals surface area contributed by atoms with Crippen molar-refractivity contribution in [2.45, 2.75) is 45.4 Å². The molecule has 0 saturated heterocycles. The topological polar surface area (TPSA) is 22.4 Å². The van der Waals surface area contributed by atoms with Crippen molar-refractivity contribution in [3.8, 4) is 5.75 Å². The van der Waals surface area contributed by atoms with Crippen LogP contribution in [0.15, 0.2) is 40.8 Å². The number of hydrogen-bond acceptors (Lipinski definition) is 2. The predicted molar refractivity (Wildman–Crippen MR) is 101 cm³/mol. The van der Waals surface area contributed by atoms with Crippen molar-refractivity contribution in [1.29, 1.82) is 0 Å². The van der Waals surface area contributed by atoms with Crippen LogP contribution in [-0.4, -0.2) is 6.36 Å². The first-order valence-corrected chi connectivity index (χ1v) is 9.45. The third kappa shape index (κ3) is 3.60. The summed E-state index contributed by atoms with van der Waals surface area (Å²) in [4.78, 5) is 0. The molecule has 0 aliphatic heterocycles. The number of alkyl halides is 3. The Bertz CT molecular complexity index is 1050. The maximum atomic E-state index is 14.5. The van der Waals surface area contributed by atoms with Crippen molar-refractivity contribution >= 4 is 27.5 Å². The predicted octanol–water partition coefficient (Wildman–Crippen LogP) is 7.61. The van der Waals surface area contributed by atoms with E-state index in [4.69, 9.17) is 4.42 Å². The van der Waals surface area contributed by atoms with Crippen molar-refractivity contribution in [3.63, 3.8) is 0 Å². The molecule has 0 N–H and O–H groups in total. The number of ether oxygens (including phenoxy) is 1. The van der Waals surface area contributed by atoms with E-state index >= 15 is 0 Å². The normalized spacial score (nSPS) is 17.9. The molecule has 0 amide bonds. The Kier molecular flexibility index (Phi) is 4.81. The van der Waals surface area contributed by atoms with Gasteiger partial charge in [0.2, 0.25) is 5.82 Å². The van der Waals surface area contributed by atoms with Crippen LogP contribution in [0, 0.1) is 11.7 Å². The average molecular weight is 392 g/mol. The zero-order valence-corrected chi connectivity index (χ0v) is 15.4. The van der Waals surface area contributed by atoms with Gasteiger partial charge in [-0.1, -0.05) is 31.9 Å². The molecule has 2 nitrogen and oxygen atoms in total. The molecular formula is C22H20F4O2. The van der Waals surface area contributed by atoms with Crippen LogP contribution >= 0.6 is 0 Å². The summed E-state index contributed by atoms with van der Waals surface area (Å²) in [6, 6.07) is 8.00. The summed E-state index contributed by atoms with van der Waals surface area (Å²) in [6.45, 7) is 2.19. The summed E-state index contributed by atoms with van der Waals surface area (Å²) in [7, 11) is 0. The van der Waals surface area contributed by atoms with E-state index in [0.29, 0.717) is 16.4 Å². The molecule has 28 heavy (non-hydrogen) atoms. The Morgan fingerprint density at radius 1 is 1.14 bits per heavy atom. The van der Waals surface area contributed by atoms with Gasteiger partial charge in [-0.15, -0.1) is 13.2 Å². The van der Waals surface area contributed by atoms with Crippen LogP contribution in [0.5, 0.6) is 5.75 Å². The Morgan fingerprint density at radius 3 is 2.61 bits per heavy atom. The second kappa shape index (κ2) is 7.15. The molecule has 1 heterocycles. The summed E-state index contributed by atoms with van der Waals surface area (Å²) in [5.41, 5.74) is 2.46. The molecule has 0 saturated carbocycles. The average Bonchev–Trinajstić information content (AvgIpc) is 3.02. The number of allylic oxidation sites excluding steroid dienone is 2. The van der Waals surface area contributed by atoms with Gasteiger partial charge in [-0.2, -0.15) is 4.39 Å². The Hall–Kier alpha value is -2.50. The highest BCUT2D eigenvalue weighted by Crippen LogP contribution is 2.38. The van der Waals surface area contributed by atoms with Gasteiger partial charge in [-0.25, -0.2) is 0 Å². The molecule has 1 aliphatic rings. The van der Waals surface area contributed by atoms with Crippen molar-refractivity contribution in [3.05, 3.63) is 47.8 Å². The molecule has 148 valence electrons. The summed E-state index contributed by atoms with van der Waals surface area (Å²) < 4.78 is 61.1. The first-order valence-electron chi connectivity index (χ1n) is 9.45. The SMILES string of the molecule is CCCC1CC=C(c2ccc3c(c2)oc2c(F)c(OC(F)(F)F)ccc23)CC1. The van der Waals surface area contributed by atoms with Gasteiger partial charge in [0, 0.05) is 10.8 Å². The molecule has 1 aromatic heterocycles. The lowest BCUT2D eigenvalue weighted by molar-refractivity contribution is -0.275. The number of fused-ring (bicyclic) bond motifs is 3. The van der Waals surface area contributed by atoms with Crippen LogP contribution in [-0.2, 0) is 0 Å². The molecule has 0 bridgehead atoms. The van der Waals surface area contributed by atoms with Gasteiger partial charge in [0.25, 0.3) is 0 Å². The molecule has 4 rings (SSSR count). The van der Waals surface area contributed by atoms with Gasteiger partial charge in [0.15, 0.2) is 11.3 Å². The van der Waals surface area contributed by atoms with Crippen LogP contribution in [0.3, 0.4) is 0 Å². The van der Waals surface area contributed by atoms with Crippen molar-refractivity contribution in [2.75, 3.05) is 0 Å². The molecule has 6 heteroatoms. The standard InChI is InChI=1S/C22H20F4O2/c1-2-3-13-4-6-14(7-5-13)15-8-9-16-17-10-11-18(28-22(24,25)26)20(23)21(17)27-19(16)12-15/h6,8-13H,2-5,7H2,1H3.